The van der Waals surface area contributed by atoms with E-state index < -0.39 is 0 Å². The van der Waals surface area contributed by atoms with Gasteiger partial charge in [0.2, 0.25) is 0 Å². The van der Waals surface area contributed by atoms with Crippen molar-refractivity contribution in [3.8, 4) is 22.3 Å². The summed E-state index contributed by atoms with van der Waals surface area (Å²) >= 11 is 0. The van der Waals surface area contributed by atoms with Gasteiger partial charge in [-0.1, -0.05) is 36.4 Å². The molecule has 24 heavy (non-hydrogen) atoms. The summed E-state index contributed by atoms with van der Waals surface area (Å²) in [7, 11) is 0. The highest BCUT2D eigenvalue weighted by molar-refractivity contribution is 5.83. The van der Waals surface area contributed by atoms with Crippen molar-refractivity contribution in [2.24, 2.45) is 0 Å². The van der Waals surface area contributed by atoms with E-state index in [2.05, 4.69) is 67.2 Å². The topological polar surface area (TPSA) is 83.1 Å². The molecule has 5 rings (SSSR count). The molecule has 6 heteroatoms. The highest BCUT2D eigenvalue weighted by Crippen LogP contribution is 2.27. The zero-order chi connectivity index (χ0) is 15.9. The van der Waals surface area contributed by atoms with Crippen LogP contribution in [0.1, 0.15) is 0 Å². The van der Waals surface area contributed by atoms with Gasteiger partial charge in [0.05, 0.1) is 0 Å². The Morgan fingerprint density at radius 2 is 0.792 bits per heavy atom. The van der Waals surface area contributed by atoms with Crippen LogP contribution >= 0.6 is 0 Å². The van der Waals surface area contributed by atoms with Gasteiger partial charge in [0.15, 0.2) is 0 Å². The molecule has 6 nitrogen and oxygen atoms in total. The number of nitrogens with zero attached hydrogens (tertiary/aromatic N) is 4. The predicted octanol–water partition coefficient (Wildman–Crippen LogP) is 3.56. The van der Waals surface area contributed by atoms with Crippen molar-refractivity contribution in [3.63, 3.8) is 0 Å². The minimum atomic E-state index is 0.869. The van der Waals surface area contributed by atoms with Gasteiger partial charge in [0.1, 0.15) is 22.1 Å². The average molecular weight is 312 g/mol. The molecule has 0 fully saturated rings. The number of hydrogen-bond donors (Lipinski definition) is 2. The fourth-order valence-electron chi connectivity index (χ4n) is 2.89. The Morgan fingerprint density at radius 1 is 0.417 bits per heavy atom. The number of nitrogens with one attached hydrogen (secondary N) is 2. The van der Waals surface area contributed by atoms with Crippen LogP contribution in [-0.4, -0.2) is 30.8 Å². The molecule has 0 unspecified atom stereocenters. The van der Waals surface area contributed by atoms with Crippen LogP contribution in [0.4, 0.5) is 0 Å². The van der Waals surface area contributed by atoms with E-state index in [0.717, 1.165) is 44.3 Å². The zero-order valence-electron chi connectivity index (χ0n) is 12.6. The van der Waals surface area contributed by atoms with Crippen LogP contribution in [0.5, 0.6) is 0 Å². The number of aromatic amines is 2. The molecule has 2 heterocycles. The Balaban J connectivity index is 1.53. The third-order valence-electron chi connectivity index (χ3n) is 4.18. The van der Waals surface area contributed by atoms with E-state index in [1.807, 2.05) is 24.3 Å². The van der Waals surface area contributed by atoms with Crippen LogP contribution in [0.3, 0.4) is 0 Å². The molecule has 2 N–H and O–H groups in total. The Morgan fingerprint density at radius 3 is 1.25 bits per heavy atom. The van der Waals surface area contributed by atoms with E-state index in [-0.39, 0.29) is 0 Å². The maximum atomic E-state index is 4.14. The van der Waals surface area contributed by atoms with Gasteiger partial charge in [0.25, 0.3) is 0 Å². The molecule has 0 bridgehead atoms. The van der Waals surface area contributed by atoms with Crippen molar-refractivity contribution in [3.05, 3.63) is 60.7 Å². The van der Waals surface area contributed by atoms with Gasteiger partial charge >= 0.3 is 0 Å². The van der Waals surface area contributed by atoms with E-state index in [0.29, 0.717) is 0 Å². The second kappa shape index (κ2) is 4.99. The van der Waals surface area contributed by atoms with E-state index in [1.54, 1.807) is 0 Å². The molecule has 0 aliphatic carbocycles. The van der Waals surface area contributed by atoms with Crippen LogP contribution in [0.25, 0.3) is 44.3 Å². The van der Waals surface area contributed by atoms with Crippen molar-refractivity contribution >= 4 is 22.1 Å². The summed E-state index contributed by atoms with van der Waals surface area (Å²) in [6, 6.07) is 20.6. The third kappa shape index (κ3) is 2.04. The lowest BCUT2D eigenvalue weighted by atomic mass is 10.00. The Bertz CT molecular complexity index is 1060. The standard InChI is InChI=1S/C18H12N6/c1-2-12(14-6-8-16-18(10-14)22-24-20-16)4-3-11(1)13-5-7-15-17(9-13)21-23-19-15/h1-10H,(H,19,21,23)(H,20,22,24). The normalized spacial score (nSPS) is 11.3. The summed E-state index contributed by atoms with van der Waals surface area (Å²) in [5.41, 5.74) is 8.01. The maximum Gasteiger partial charge on any atom is 0.113 e. The molecule has 0 saturated carbocycles. The summed E-state index contributed by atoms with van der Waals surface area (Å²) in [4.78, 5) is 0. The molecule has 0 aliphatic heterocycles. The van der Waals surface area contributed by atoms with Crippen LogP contribution in [0, 0.1) is 0 Å². The van der Waals surface area contributed by atoms with Gasteiger partial charge in [-0.3, -0.25) is 0 Å². The number of H-pyrrole nitrogens is 2. The van der Waals surface area contributed by atoms with Crippen molar-refractivity contribution < 1.29 is 0 Å². The molecule has 2 aromatic heterocycles. The molecular formula is C18H12N6. The minimum Gasteiger partial charge on any atom is -0.197 e. The van der Waals surface area contributed by atoms with Gasteiger partial charge in [-0.15, -0.1) is 0 Å². The molecule has 3 aromatic carbocycles. The molecule has 0 saturated heterocycles. The molecule has 0 atom stereocenters. The largest absolute Gasteiger partial charge is 0.197 e. The minimum absolute atomic E-state index is 0.869. The van der Waals surface area contributed by atoms with Gasteiger partial charge in [-0.25, -0.2) is 0 Å². The predicted molar refractivity (Wildman–Crippen MR) is 92.2 cm³/mol. The lowest BCUT2D eigenvalue weighted by Crippen LogP contribution is -1.82. The monoisotopic (exact) mass is 312 g/mol. The van der Waals surface area contributed by atoms with Crippen molar-refractivity contribution in [1.82, 2.24) is 30.8 Å². The Labute approximate surface area is 136 Å². The molecule has 5 aromatic rings. The summed E-state index contributed by atoms with van der Waals surface area (Å²) in [6.07, 6.45) is 0. The molecular weight excluding hydrogens is 300 g/mol. The summed E-state index contributed by atoms with van der Waals surface area (Å²) in [5, 5.41) is 21.7. The number of benzene rings is 3. The third-order valence-corrected chi connectivity index (χ3v) is 4.18. The summed E-state index contributed by atoms with van der Waals surface area (Å²) < 4.78 is 0. The highest BCUT2D eigenvalue weighted by atomic mass is 15.3. The van der Waals surface area contributed by atoms with Gasteiger partial charge in [0, 0.05) is 0 Å². The Kier molecular flexibility index (Phi) is 2.69. The molecule has 0 amide bonds. The quantitative estimate of drug-likeness (QED) is 0.522. The summed E-state index contributed by atoms with van der Waals surface area (Å²) in [5.74, 6) is 0. The lowest BCUT2D eigenvalue weighted by Gasteiger charge is -2.05. The van der Waals surface area contributed by atoms with Crippen LogP contribution < -0.4 is 0 Å². The van der Waals surface area contributed by atoms with E-state index >= 15 is 0 Å². The first kappa shape index (κ1) is 13.0. The lowest BCUT2D eigenvalue weighted by molar-refractivity contribution is 0.959. The van der Waals surface area contributed by atoms with Gasteiger partial charge < -0.3 is 0 Å². The second-order valence-corrected chi connectivity index (χ2v) is 5.63. The van der Waals surface area contributed by atoms with Crippen molar-refractivity contribution in [1.29, 1.82) is 0 Å². The maximum absolute atomic E-state index is 4.14. The fraction of sp³-hybridized carbons (Fsp3) is 0. The van der Waals surface area contributed by atoms with E-state index in [1.165, 1.54) is 0 Å². The van der Waals surface area contributed by atoms with Crippen LogP contribution in [0.15, 0.2) is 60.7 Å². The van der Waals surface area contributed by atoms with Crippen molar-refractivity contribution in [2.75, 3.05) is 0 Å². The molecule has 114 valence electrons. The zero-order valence-corrected chi connectivity index (χ0v) is 12.6. The van der Waals surface area contributed by atoms with Crippen molar-refractivity contribution in [2.45, 2.75) is 0 Å². The van der Waals surface area contributed by atoms with Gasteiger partial charge in [-0.2, -0.15) is 30.8 Å². The first-order valence-electron chi connectivity index (χ1n) is 7.59. The number of hydrogen-bond acceptors (Lipinski definition) is 4. The number of aromatic nitrogens is 6. The van der Waals surface area contributed by atoms with Crippen LogP contribution in [-0.2, 0) is 0 Å². The van der Waals surface area contributed by atoms with Gasteiger partial charge in [-0.05, 0) is 46.5 Å². The smallest absolute Gasteiger partial charge is 0.113 e. The first-order valence-corrected chi connectivity index (χ1v) is 7.59. The first-order chi connectivity index (χ1) is 11.9. The molecule has 0 radical (unpaired) electrons. The SMILES string of the molecule is c1cc(-c2ccc3n[nH]nc3c2)ccc1-c1ccc2n[nH]nc2c1. The average Bonchev–Trinajstić information content (AvgIpc) is 3.29. The highest BCUT2D eigenvalue weighted by Gasteiger charge is 2.05. The van der Waals surface area contributed by atoms with Crippen LogP contribution in [0.2, 0.25) is 0 Å². The number of rotatable bonds is 2. The molecule has 0 spiro atoms. The number of fused-ring (bicyclic) bond motifs is 2. The summed E-state index contributed by atoms with van der Waals surface area (Å²) in [6.45, 7) is 0. The molecule has 0 aliphatic rings. The van der Waals surface area contributed by atoms with E-state index in [9.17, 15) is 0 Å². The van der Waals surface area contributed by atoms with E-state index in [4.69, 9.17) is 0 Å². The second-order valence-electron chi connectivity index (χ2n) is 5.63. The fourth-order valence-corrected chi connectivity index (χ4v) is 2.89. The Hall–Kier alpha value is -3.54.